The Morgan fingerprint density at radius 1 is 1.53 bits per heavy atom. The summed E-state index contributed by atoms with van der Waals surface area (Å²) in [7, 11) is 0. The van der Waals surface area contributed by atoms with Gasteiger partial charge in [0.05, 0.1) is 12.2 Å². The summed E-state index contributed by atoms with van der Waals surface area (Å²) in [6.45, 7) is 4.54. The number of carbonyl (C=O) groups excluding carboxylic acids is 1. The zero-order valence-electron chi connectivity index (χ0n) is 11.2. The van der Waals surface area contributed by atoms with Gasteiger partial charge in [0.15, 0.2) is 0 Å². The summed E-state index contributed by atoms with van der Waals surface area (Å²) in [4.78, 5) is 16.6. The lowest BCUT2D eigenvalue weighted by Gasteiger charge is -2.14. The molecule has 5 nitrogen and oxygen atoms in total. The van der Waals surface area contributed by atoms with E-state index in [0.717, 1.165) is 17.1 Å². The van der Waals surface area contributed by atoms with Gasteiger partial charge in [0.2, 0.25) is 5.91 Å². The first-order valence-corrected chi connectivity index (χ1v) is 7.32. The summed E-state index contributed by atoms with van der Waals surface area (Å²) in [5, 5.41) is 10.0. The number of amides is 1. The third-order valence-electron chi connectivity index (χ3n) is 2.91. The van der Waals surface area contributed by atoms with Crippen LogP contribution < -0.4 is 5.32 Å². The van der Waals surface area contributed by atoms with Gasteiger partial charge in [-0.15, -0.1) is 11.3 Å². The number of aryl methyl sites for hydroxylation is 1. The Kier molecular flexibility index (Phi) is 4.68. The number of rotatable bonds is 6. The molecule has 2 heterocycles. The Hall–Kier alpha value is -1.69. The third-order valence-corrected chi connectivity index (χ3v) is 3.81. The molecule has 1 amide bonds. The fourth-order valence-corrected chi connectivity index (χ4v) is 2.65. The highest BCUT2D eigenvalue weighted by Crippen LogP contribution is 2.12. The summed E-state index contributed by atoms with van der Waals surface area (Å²) in [6, 6.07) is 1.57. The molecular formula is C13H18N4OS. The summed E-state index contributed by atoms with van der Waals surface area (Å²) >= 11 is 1.58. The van der Waals surface area contributed by atoms with Crippen molar-refractivity contribution < 1.29 is 4.79 Å². The topological polar surface area (TPSA) is 59.8 Å². The second-order valence-corrected chi connectivity index (χ2v) is 5.16. The van der Waals surface area contributed by atoms with Crippen LogP contribution in [0.15, 0.2) is 23.8 Å². The molecule has 0 fully saturated rings. The maximum Gasteiger partial charge on any atom is 0.245 e. The molecule has 1 atom stereocenters. The van der Waals surface area contributed by atoms with Gasteiger partial charge in [-0.3, -0.25) is 9.48 Å². The molecule has 2 aromatic heterocycles. The molecule has 6 heteroatoms. The summed E-state index contributed by atoms with van der Waals surface area (Å²) in [5.41, 5.74) is 1.08. The first kappa shape index (κ1) is 13.7. The van der Waals surface area contributed by atoms with Crippen molar-refractivity contribution in [2.75, 3.05) is 0 Å². The minimum absolute atomic E-state index is 0.0144. The van der Waals surface area contributed by atoms with Crippen LogP contribution in [0.3, 0.4) is 0 Å². The van der Waals surface area contributed by atoms with Gasteiger partial charge >= 0.3 is 0 Å². The van der Waals surface area contributed by atoms with E-state index in [-0.39, 0.29) is 11.9 Å². The van der Waals surface area contributed by atoms with E-state index in [0.29, 0.717) is 13.0 Å². The van der Waals surface area contributed by atoms with Gasteiger partial charge in [-0.1, -0.05) is 13.8 Å². The summed E-state index contributed by atoms with van der Waals surface area (Å²) in [6.07, 6.45) is 5.14. The average molecular weight is 278 g/mol. The van der Waals surface area contributed by atoms with Crippen molar-refractivity contribution >= 4 is 17.2 Å². The highest BCUT2D eigenvalue weighted by atomic mass is 32.1. The lowest BCUT2D eigenvalue weighted by Crippen LogP contribution is -2.32. The quantitative estimate of drug-likeness (QED) is 0.881. The molecule has 0 radical (unpaired) electrons. The van der Waals surface area contributed by atoms with E-state index < -0.39 is 0 Å². The molecule has 0 saturated heterocycles. The van der Waals surface area contributed by atoms with Crippen LogP contribution in [0.4, 0.5) is 0 Å². The van der Waals surface area contributed by atoms with Crippen molar-refractivity contribution in [3.63, 3.8) is 0 Å². The maximum atomic E-state index is 12.1. The van der Waals surface area contributed by atoms with Gasteiger partial charge in [0, 0.05) is 17.8 Å². The van der Waals surface area contributed by atoms with Crippen LogP contribution in [0.25, 0.3) is 0 Å². The first-order valence-electron chi connectivity index (χ1n) is 6.44. The van der Waals surface area contributed by atoms with Crippen molar-refractivity contribution in [1.82, 2.24) is 20.1 Å². The second kappa shape index (κ2) is 6.47. The van der Waals surface area contributed by atoms with Crippen LogP contribution in [-0.2, 0) is 17.8 Å². The number of hydrogen-bond acceptors (Lipinski definition) is 4. The van der Waals surface area contributed by atoms with Gasteiger partial charge in [0.1, 0.15) is 11.0 Å². The van der Waals surface area contributed by atoms with Gasteiger partial charge in [-0.25, -0.2) is 4.98 Å². The van der Waals surface area contributed by atoms with E-state index in [9.17, 15) is 4.79 Å². The second-order valence-electron chi connectivity index (χ2n) is 4.21. The smallest absolute Gasteiger partial charge is 0.245 e. The largest absolute Gasteiger partial charge is 0.348 e. The van der Waals surface area contributed by atoms with Crippen molar-refractivity contribution in [3.05, 3.63) is 34.5 Å². The van der Waals surface area contributed by atoms with Gasteiger partial charge < -0.3 is 5.32 Å². The van der Waals surface area contributed by atoms with Crippen molar-refractivity contribution in [1.29, 1.82) is 0 Å². The highest BCUT2D eigenvalue weighted by Gasteiger charge is 2.18. The number of carbonyl (C=O) groups is 1. The zero-order valence-corrected chi connectivity index (χ0v) is 12.0. The number of nitrogens with zero attached hydrogens (tertiary/aromatic N) is 3. The summed E-state index contributed by atoms with van der Waals surface area (Å²) in [5.74, 6) is -0.0144. The predicted octanol–water partition coefficient (Wildman–Crippen LogP) is 2.17. The van der Waals surface area contributed by atoms with Gasteiger partial charge in [-0.05, 0) is 18.9 Å². The number of hydrogen-bond donors (Lipinski definition) is 1. The number of nitrogens with one attached hydrogen (secondary N) is 1. The molecule has 0 aliphatic heterocycles. The molecule has 0 unspecified atom stereocenters. The predicted molar refractivity (Wildman–Crippen MR) is 74.9 cm³/mol. The Morgan fingerprint density at radius 2 is 2.37 bits per heavy atom. The van der Waals surface area contributed by atoms with E-state index in [1.54, 1.807) is 22.2 Å². The van der Waals surface area contributed by atoms with E-state index >= 15 is 0 Å². The van der Waals surface area contributed by atoms with Crippen molar-refractivity contribution in [3.8, 4) is 0 Å². The monoisotopic (exact) mass is 278 g/mol. The SMILES string of the molecule is CCc1csc(CNC(=O)[C@@H](CC)n2cccn2)n1. The normalized spacial score (nSPS) is 12.3. The Bertz CT molecular complexity index is 520. The van der Waals surface area contributed by atoms with Crippen molar-refractivity contribution in [2.24, 2.45) is 0 Å². The number of aromatic nitrogens is 3. The Balaban J connectivity index is 1.93. The molecule has 0 aliphatic carbocycles. The molecule has 2 aromatic rings. The van der Waals surface area contributed by atoms with Gasteiger partial charge in [0.25, 0.3) is 0 Å². The fraction of sp³-hybridized carbons (Fsp3) is 0.462. The standard InChI is InChI=1S/C13H18N4OS/c1-3-10-9-19-12(16-10)8-14-13(18)11(4-2)17-7-5-6-15-17/h5-7,9,11H,3-4,8H2,1-2H3,(H,14,18)/t11-/m1/s1. The van der Waals surface area contributed by atoms with Crippen LogP contribution in [0.1, 0.15) is 37.0 Å². The minimum Gasteiger partial charge on any atom is -0.348 e. The van der Waals surface area contributed by atoms with Gasteiger partial charge in [-0.2, -0.15) is 5.10 Å². The lowest BCUT2D eigenvalue weighted by molar-refractivity contribution is -0.124. The highest BCUT2D eigenvalue weighted by molar-refractivity contribution is 7.09. The van der Waals surface area contributed by atoms with E-state index in [4.69, 9.17) is 0 Å². The van der Waals surface area contributed by atoms with Crippen LogP contribution >= 0.6 is 11.3 Å². The average Bonchev–Trinajstić information content (AvgIpc) is 3.08. The molecule has 0 saturated carbocycles. The first-order chi connectivity index (χ1) is 9.24. The van der Waals surface area contributed by atoms with E-state index in [1.807, 2.05) is 24.6 Å². The maximum absolute atomic E-state index is 12.1. The van der Waals surface area contributed by atoms with Crippen LogP contribution in [0.2, 0.25) is 0 Å². The van der Waals surface area contributed by atoms with Crippen LogP contribution in [-0.4, -0.2) is 20.7 Å². The fourth-order valence-electron chi connectivity index (χ4n) is 1.83. The molecule has 2 rings (SSSR count). The molecule has 1 N–H and O–H groups in total. The lowest BCUT2D eigenvalue weighted by atomic mass is 10.2. The zero-order chi connectivity index (χ0) is 13.7. The van der Waals surface area contributed by atoms with E-state index in [2.05, 4.69) is 22.3 Å². The molecular weight excluding hydrogens is 260 g/mol. The molecule has 0 aromatic carbocycles. The third kappa shape index (κ3) is 3.41. The van der Waals surface area contributed by atoms with E-state index in [1.165, 1.54) is 0 Å². The minimum atomic E-state index is -0.249. The molecule has 0 aliphatic rings. The van der Waals surface area contributed by atoms with Crippen LogP contribution in [0, 0.1) is 0 Å². The molecule has 0 spiro atoms. The molecule has 0 bridgehead atoms. The Morgan fingerprint density at radius 3 is 2.95 bits per heavy atom. The summed E-state index contributed by atoms with van der Waals surface area (Å²) < 4.78 is 1.69. The van der Waals surface area contributed by atoms with Crippen molar-refractivity contribution in [2.45, 2.75) is 39.3 Å². The Labute approximate surface area is 116 Å². The van der Waals surface area contributed by atoms with Crippen LogP contribution in [0.5, 0.6) is 0 Å². The number of thiazole rings is 1. The molecule has 102 valence electrons. The molecule has 19 heavy (non-hydrogen) atoms.